The van der Waals surface area contributed by atoms with Crippen LogP contribution in [-0.4, -0.2) is 31.8 Å². The van der Waals surface area contributed by atoms with E-state index in [1.54, 1.807) is 0 Å². The van der Waals surface area contributed by atoms with E-state index in [1.165, 1.54) is 31.4 Å². The van der Waals surface area contributed by atoms with E-state index in [9.17, 15) is 23.6 Å². The number of sulfonamides is 1. The van der Waals surface area contributed by atoms with Gasteiger partial charge in [0.2, 0.25) is 0 Å². The molecule has 2 rings (SSSR count). The van der Waals surface area contributed by atoms with Crippen molar-refractivity contribution in [3.05, 3.63) is 52.1 Å². The van der Waals surface area contributed by atoms with Crippen LogP contribution in [0.15, 0.2) is 45.7 Å². The first kappa shape index (κ1) is 17.2. The van der Waals surface area contributed by atoms with Crippen molar-refractivity contribution in [1.29, 1.82) is 0 Å². The predicted molar refractivity (Wildman–Crippen MR) is 86.9 cm³/mol. The summed E-state index contributed by atoms with van der Waals surface area (Å²) in [5, 5.41) is 20.8. The Hall–Kier alpha value is -3.14. The van der Waals surface area contributed by atoms with Gasteiger partial charge < -0.3 is 15.6 Å². The third-order valence-corrected chi connectivity index (χ3v) is 4.28. The number of nitro groups is 1. The first-order chi connectivity index (χ1) is 11.2. The van der Waals surface area contributed by atoms with E-state index in [1.807, 2.05) is 0 Å². The van der Waals surface area contributed by atoms with E-state index in [0.29, 0.717) is 5.69 Å². The highest BCUT2D eigenvalue weighted by molar-refractivity contribution is 7.90. The number of nitro benzene ring substituents is 1. The van der Waals surface area contributed by atoms with Gasteiger partial charge in [-0.1, -0.05) is 0 Å². The van der Waals surface area contributed by atoms with Gasteiger partial charge >= 0.3 is 0 Å². The molecule has 2 aromatic carbocycles. The average molecular weight is 351 g/mol. The summed E-state index contributed by atoms with van der Waals surface area (Å²) in [4.78, 5) is 10.1. The highest BCUT2D eigenvalue weighted by atomic mass is 32.2. The van der Waals surface area contributed by atoms with Gasteiger partial charge in [0.25, 0.3) is 15.7 Å². The summed E-state index contributed by atoms with van der Waals surface area (Å²) in [7, 11) is -2.84. The second-order valence-corrected chi connectivity index (χ2v) is 6.25. The van der Waals surface area contributed by atoms with Crippen molar-refractivity contribution in [3.8, 4) is 11.5 Å². The molecule has 24 heavy (non-hydrogen) atoms. The molecule has 0 fully saturated rings. The summed E-state index contributed by atoms with van der Waals surface area (Å²) in [5.74, 6) is -0.630. The molecular formula is C14H13N3O6S. The Bertz CT molecular complexity index is 907. The number of nitrogens with zero attached hydrogens (tertiary/aromatic N) is 2. The molecule has 2 aromatic rings. The zero-order chi connectivity index (χ0) is 17.9. The topological polar surface area (TPSA) is 145 Å². The number of rotatable bonds is 5. The van der Waals surface area contributed by atoms with Gasteiger partial charge in [0, 0.05) is 17.3 Å². The third-order valence-electron chi connectivity index (χ3n) is 3.03. The molecule has 0 spiro atoms. The van der Waals surface area contributed by atoms with Gasteiger partial charge in [0.05, 0.1) is 29.2 Å². The van der Waals surface area contributed by atoms with Crippen LogP contribution >= 0.6 is 0 Å². The van der Waals surface area contributed by atoms with Gasteiger partial charge in [0.15, 0.2) is 11.5 Å². The standard InChI is InChI=1S/C14H13N3O6S/c1-23-13-7-11(17(19)20)6-9(14(13)18)8-16-24(21,22)12-4-2-10(15)3-5-12/h2-8,18H,15H2,1H3. The minimum absolute atomic E-state index is 0.107. The van der Waals surface area contributed by atoms with Crippen molar-refractivity contribution in [1.82, 2.24) is 0 Å². The minimum Gasteiger partial charge on any atom is -0.504 e. The molecule has 0 heterocycles. The Kier molecular flexibility index (Phi) is 4.69. The number of methoxy groups -OCH3 is 1. The number of benzene rings is 2. The van der Waals surface area contributed by atoms with Crippen LogP contribution in [0, 0.1) is 10.1 Å². The lowest BCUT2D eigenvalue weighted by Crippen LogP contribution is -1.99. The lowest BCUT2D eigenvalue weighted by molar-refractivity contribution is -0.385. The number of nitrogens with two attached hydrogens (primary N) is 1. The fourth-order valence-corrected chi connectivity index (χ4v) is 2.65. The molecule has 3 N–H and O–H groups in total. The quantitative estimate of drug-likeness (QED) is 0.361. The van der Waals surface area contributed by atoms with E-state index in [0.717, 1.165) is 18.3 Å². The van der Waals surface area contributed by atoms with Gasteiger partial charge in [-0.15, -0.1) is 0 Å². The number of hydrogen-bond acceptors (Lipinski definition) is 7. The number of nitrogen functional groups attached to an aromatic ring is 1. The van der Waals surface area contributed by atoms with Crippen LogP contribution in [0.25, 0.3) is 0 Å². The van der Waals surface area contributed by atoms with Crippen molar-refractivity contribution in [3.63, 3.8) is 0 Å². The molecule has 0 radical (unpaired) electrons. The number of ether oxygens (including phenoxy) is 1. The van der Waals surface area contributed by atoms with Crippen molar-refractivity contribution in [2.45, 2.75) is 4.90 Å². The maximum atomic E-state index is 12.1. The normalized spacial score (nSPS) is 11.5. The summed E-state index contributed by atoms with van der Waals surface area (Å²) in [6.45, 7) is 0. The van der Waals surface area contributed by atoms with Crippen molar-refractivity contribution in [2.24, 2.45) is 4.40 Å². The Morgan fingerprint density at radius 1 is 1.29 bits per heavy atom. The highest BCUT2D eigenvalue weighted by Gasteiger charge is 2.17. The largest absolute Gasteiger partial charge is 0.504 e. The molecule has 0 saturated carbocycles. The van der Waals surface area contributed by atoms with Crippen LogP contribution in [0.3, 0.4) is 0 Å². The van der Waals surface area contributed by atoms with E-state index >= 15 is 0 Å². The maximum Gasteiger partial charge on any atom is 0.282 e. The minimum atomic E-state index is -4.05. The van der Waals surface area contributed by atoms with E-state index in [-0.39, 0.29) is 21.9 Å². The molecule has 0 bridgehead atoms. The van der Waals surface area contributed by atoms with Gasteiger partial charge in [-0.25, -0.2) is 0 Å². The zero-order valence-corrected chi connectivity index (χ0v) is 13.2. The Morgan fingerprint density at radius 3 is 2.46 bits per heavy atom. The predicted octanol–water partition coefficient (Wildman–Crippen LogP) is 1.70. The van der Waals surface area contributed by atoms with Crippen LogP contribution in [-0.2, 0) is 10.0 Å². The SMILES string of the molecule is COc1cc([N+](=O)[O-])cc(C=NS(=O)(=O)c2ccc(N)cc2)c1O. The molecule has 0 aliphatic rings. The van der Waals surface area contributed by atoms with Gasteiger partial charge in [-0.3, -0.25) is 10.1 Å². The summed E-state index contributed by atoms with van der Waals surface area (Å²) in [5.41, 5.74) is 5.33. The molecule has 0 aromatic heterocycles. The zero-order valence-electron chi connectivity index (χ0n) is 12.4. The van der Waals surface area contributed by atoms with Crippen molar-refractivity contribution in [2.75, 3.05) is 12.8 Å². The van der Waals surface area contributed by atoms with Crippen LogP contribution in [0.1, 0.15) is 5.56 Å². The van der Waals surface area contributed by atoms with Crippen LogP contribution in [0.5, 0.6) is 11.5 Å². The average Bonchev–Trinajstić information content (AvgIpc) is 2.54. The van der Waals surface area contributed by atoms with Gasteiger partial charge in [-0.2, -0.15) is 12.8 Å². The lowest BCUT2D eigenvalue weighted by Gasteiger charge is -2.06. The molecule has 0 aliphatic heterocycles. The Balaban J connectivity index is 2.46. The smallest absolute Gasteiger partial charge is 0.282 e. The molecule has 0 unspecified atom stereocenters. The molecule has 0 amide bonds. The lowest BCUT2D eigenvalue weighted by atomic mass is 10.2. The van der Waals surface area contributed by atoms with E-state index < -0.39 is 20.7 Å². The number of phenolic OH excluding ortho intramolecular Hbond substituents is 1. The Morgan fingerprint density at radius 2 is 1.92 bits per heavy atom. The van der Waals surface area contributed by atoms with Crippen LogP contribution in [0.2, 0.25) is 0 Å². The number of non-ortho nitro benzene ring substituents is 1. The summed E-state index contributed by atoms with van der Waals surface area (Å²) in [6, 6.07) is 7.35. The molecule has 10 heteroatoms. The number of aromatic hydroxyl groups is 1. The monoisotopic (exact) mass is 351 g/mol. The van der Waals surface area contributed by atoms with Crippen molar-refractivity contribution < 1.29 is 23.2 Å². The van der Waals surface area contributed by atoms with Gasteiger partial charge in [0.1, 0.15) is 0 Å². The number of anilines is 1. The van der Waals surface area contributed by atoms with Crippen LogP contribution in [0.4, 0.5) is 11.4 Å². The summed E-state index contributed by atoms with van der Waals surface area (Å²) >= 11 is 0. The number of phenols is 1. The molecule has 0 aliphatic carbocycles. The van der Waals surface area contributed by atoms with E-state index in [4.69, 9.17) is 10.5 Å². The van der Waals surface area contributed by atoms with E-state index in [2.05, 4.69) is 4.40 Å². The third kappa shape index (κ3) is 3.60. The summed E-state index contributed by atoms with van der Waals surface area (Å²) < 4.78 is 32.5. The molecule has 9 nitrogen and oxygen atoms in total. The highest BCUT2D eigenvalue weighted by Crippen LogP contribution is 2.33. The molecule has 0 atom stereocenters. The molecular weight excluding hydrogens is 338 g/mol. The first-order valence-corrected chi connectivity index (χ1v) is 7.90. The first-order valence-electron chi connectivity index (χ1n) is 6.46. The maximum absolute atomic E-state index is 12.1. The Labute approximate surface area is 137 Å². The fourth-order valence-electron chi connectivity index (χ4n) is 1.80. The summed E-state index contributed by atoms with van der Waals surface area (Å²) in [6.07, 6.45) is 0.816. The van der Waals surface area contributed by atoms with Crippen LogP contribution < -0.4 is 10.5 Å². The molecule has 126 valence electrons. The number of hydrogen-bond donors (Lipinski definition) is 2. The van der Waals surface area contributed by atoms with Crippen molar-refractivity contribution >= 4 is 27.6 Å². The second-order valence-electron chi connectivity index (χ2n) is 4.62. The fraction of sp³-hybridized carbons (Fsp3) is 0.0714. The molecule has 0 saturated heterocycles. The van der Waals surface area contributed by atoms with Gasteiger partial charge in [-0.05, 0) is 24.3 Å². The second kappa shape index (κ2) is 6.54.